The summed E-state index contributed by atoms with van der Waals surface area (Å²) in [6, 6.07) is 8.80. The van der Waals surface area contributed by atoms with Gasteiger partial charge in [-0.15, -0.1) is 0 Å². The van der Waals surface area contributed by atoms with Crippen molar-refractivity contribution in [1.29, 1.82) is 0 Å². The van der Waals surface area contributed by atoms with Gasteiger partial charge in [-0.25, -0.2) is 4.79 Å². The lowest BCUT2D eigenvalue weighted by atomic mass is 9.95. The smallest absolute Gasteiger partial charge is 0.430 e. The van der Waals surface area contributed by atoms with Crippen molar-refractivity contribution in [2.75, 3.05) is 0 Å². The van der Waals surface area contributed by atoms with Crippen molar-refractivity contribution in [3.8, 4) is 5.75 Å². The first-order valence-corrected chi connectivity index (χ1v) is 8.51. The SMILES string of the molecule is Cc1ccc(Cc2cc3c(cc2Cl)C=C(C(=O)O)C(C(F)(F)F)O3)c(C)c1. The first kappa shape index (κ1) is 19.3. The predicted molar refractivity (Wildman–Crippen MR) is 96.3 cm³/mol. The molecule has 1 aliphatic heterocycles. The molecule has 1 aliphatic rings. The van der Waals surface area contributed by atoms with E-state index in [4.69, 9.17) is 21.4 Å². The Bertz CT molecular complexity index is 948. The van der Waals surface area contributed by atoms with Crippen molar-refractivity contribution >= 4 is 23.6 Å². The van der Waals surface area contributed by atoms with Crippen LogP contribution >= 0.6 is 11.6 Å². The van der Waals surface area contributed by atoms with E-state index in [1.807, 2.05) is 32.0 Å². The highest BCUT2D eigenvalue weighted by molar-refractivity contribution is 6.31. The monoisotopic (exact) mass is 396 g/mol. The lowest BCUT2D eigenvalue weighted by Crippen LogP contribution is -2.40. The normalized spacial score (nSPS) is 16.4. The summed E-state index contributed by atoms with van der Waals surface area (Å²) in [5, 5.41) is 9.42. The summed E-state index contributed by atoms with van der Waals surface area (Å²) in [5.41, 5.74) is 3.10. The molecule has 1 N–H and O–H groups in total. The van der Waals surface area contributed by atoms with Crippen LogP contribution in [0.1, 0.15) is 27.8 Å². The first-order valence-electron chi connectivity index (χ1n) is 8.13. The van der Waals surface area contributed by atoms with Gasteiger partial charge in [0.05, 0.1) is 5.57 Å². The summed E-state index contributed by atoms with van der Waals surface area (Å²) < 4.78 is 44.6. The number of halogens is 4. The Balaban J connectivity index is 2.02. The van der Waals surface area contributed by atoms with E-state index >= 15 is 0 Å². The summed E-state index contributed by atoms with van der Waals surface area (Å²) in [6.45, 7) is 3.92. The van der Waals surface area contributed by atoms with Gasteiger partial charge in [0.1, 0.15) is 5.75 Å². The third-order valence-electron chi connectivity index (χ3n) is 4.44. The molecule has 0 radical (unpaired) electrons. The molecule has 3 nitrogen and oxygen atoms in total. The Morgan fingerprint density at radius 2 is 1.89 bits per heavy atom. The van der Waals surface area contributed by atoms with E-state index in [0.29, 0.717) is 17.0 Å². The molecule has 1 unspecified atom stereocenters. The number of benzene rings is 2. The molecule has 1 heterocycles. The van der Waals surface area contributed by atoms with E-state index in [9.17, 15) is 18.0 Å². The Hall–Kier alpha value is -2.47. The molecule has 1 atom stereocenters. The standard InChI is InChI=1S/C20H16ClF3O3/c1-10-3-4-12(11(2)5-10)6-13-9-17-14(8-16(13)21)7-15(19(25)26)18(27-17)20(22,23)24/h3-5,7-9,18H,6H2,1-2H3,(H,25,26). The van der Waals surface area contributed by atoms with E-state index in [1.54, 1.807) is 0 Å². The van der Waals surface area contributed by atoms with Gasteiger partial charge >= 0.3 is 12.1 Å². The second-order valence-corrected chi connectivity index (χ2v) is 6.94. The molecule has 3 rings (SSSR count). The van der Waals surface area contributed by atoms with Crippen molar-refractivity contribution in [2.24, 2.45) is 0 Å². The van der Waals surface area contributed by atoms with Crippen LogP contribution in [0.25, 0.3) is 6.08 Å². The van der Waals surface area contributed by atoms with Crippen molar-refractivity contribution in [1.82, 2.24) is 0 Å². The molecule has 142 valence electrons. The minimum absolute atomic E-state index is 0.0357. The maximum absolute atomic E-state index is 13.2. The second kappa shape index (κ2) is 6.93. The molecular formula is C20H16ClF3O3. The number of hydrogen-bond acceptors (Lipinski definition) is 2. The van der Waals surface area contributed by atoms with Crippen LogP contribution in [0, 0.1) is 13.8 Å². The van der Waals surface area contributed by atoms with Gasteiger partial charge < -0.3 is 9.84 Å². The Kier molecular flexibility index (Phi) is 4.95. The molecule has 7 heteroatoms. The van der Waals surface area contributed by atoms with Gasteiger partial charge in [0, 0.05) is 10.6 Å². The fraction of sp³-hybridized carbons (Fsp3) is 0.250. The van der Waals surface area contributed by atoms with E-state index in [0.717, 1.165) is 22.8 Å². The molecule has 0 fully saturated rings. The van der Waals surface area contributed by atoms with E-state index < -0.39 is 23.8 Å². The largest absolute Gasteiger partial charge is 0.478 e. The Morgan fingerprint density at radius 1 is 1.19 bits per heavy atom. The van der Waals surface area contributed by atoms with Crippen LogP contribution in [0.5, 0.6) is 5.75 Å². The molecule has 27 heavy (non-hydrogen) atoms. The number of alkyl halides is 3. The zero-order chi connectivity index (χ0) is 19.9. The number of carbonyl (C=O) groups is 1. The van der Waals surface area contributed by atoms with Crippen LogP contribution in [0.2, 0.25) is 5.02 Å². The lowest BCUT2D eigenvalue weighted by Gasteiger charge is -2.27. The minimum atomic E-state index is -4.84. The number of ether oxygens (including phenoxy) is 1. The summed E-state index contributed by atoms with van der Waals surface area (Å²) in [4.78, 5) is 11.2. The Morgan fingerprint density at radius 3 is 2.48 bits per heavy atom. The molecule has 0 bridgehead atoms. The van der Waals surface area contributed by atoms with Crippen molar-refractivity contribution in [3.63, 3.8) is 0 Å². The van der Waals surface area contributed by atoms with Crippen molar-refractivity contribution in [3.05, 3.63) is 68.7 Å². The highest BCUT2D eigenvalue weighted by atomic mass is 35.5. The highest BCUT2D eigenvalue weighted by Gasteiger charge is 2.48. The van der Waals surface area contributed by atoms with Gasteiger partial charge in [-0.05, 0) is 55.2 Å². The van der Waals surface area contributed by atoms with Crippen LogP contribution in [0.15, 0.2) is 35.9 Å². The fourth-order valence-corrected chi connectivity index (χ4v) is 3.30. The maximum Gasteiger partial charge on any atom is 0.430 e. The number of carboxylic acids is 1. The predicted octanol–water partition coefficient (Wildman–Crippen LogP) is 5.34. The van der Waals surface area contributed by atoms with E-state index in [-0.39, 0.29) is 11.3 Å². The fourth-order valence-electron chi connectivity index (χ4n) is 3.06. The Labute approximate surface area is 159 Å². The molecular weight excluding hydrogens is 381 g/mol. The van der Waals surface area contributed by atoms with Gasteiger partial charge in [0.15, 0.2) is 0 Å². The van der Waals surface area contributed by atoms with Gasteiger partial charge in [-0.2, -0.15) is 13.2 Å². The average Bonchev–Trinajstić information content (AvgIpc) is 2.55. The summed E-state index contributed by atoms with van der Waals surface area (Å²) >= 11 is 6.29. The molecule has 0 aromatic heterocycles. The molecule has 0 amide bonds. The second-order valence-electron chi connectivity index (χ2n) is 6.53. The number of hydrogen-bond donors (Lipinski definition) is 1. The van der Waals surface area contributed by atoms with Crippen molar-refractivity contribution < 1.29 is 27.8 Å². The van der Waals surface area contributed by atoms with E-state index in [2.05, 4.69) is 0 Å². The maximum atomic E-state index is 13.2. The van der Waals surface area contributed by atoms with Crippen LogP contribution in [-0.2, 0) is 11.2 Å². The topological polar surface area (TPSA) is 46.5 Å². The van der Waals surface area contributed by atoms with Gasteiger partial charge in [0.25, 0.3) is 0 Å². The minimum Gasteiger partial charge on any atom is -0.478 e. The number of aliphatic carboxylic acids is 1. The van der Waals surface area contributed by atoms with Gasteiger partial charge in [-0.1, -0.05) is 35.4 Å². The third kappa shape index (κ3) is 3.95. The molecule has 0 saturated heterocycles. The molecule has 0 saturated carbocycles. The number of fused-ring (bicyclic) bond motifs is 1. The molecule has 2 aromatic carbocycles. The quantitative estimate of drug-likeness (QED) is 0.761. The zero-order valence-electron chi connectivity index (χ0n) is 14.5. The molecule has 2 aromatic rings. The summed E-state index contributed by atoms with van der Waals surface area (Å²) in [7, 11) is 0. The average molecular weight is 397 g/mol. The number of carboxylic acid groups (broad SMARTS) is 1. The summed E-state index contributed by atoms with van der Waals surface area (Å²) in [5.74, 6) is -1.72. The first-order chi connectivity index (χ1) is 12.6. The number of rotatable bonds is 3. The van der Waals surface area contributed by atoms with Crippen LogP contribution in [-0.4, -0.2) is 23.4 Å². The van der Waals surface area contributed by atoms with E-state index in [1.165, 1.54) is 12.1 Å². The van der Waals surface area contributed by atoms with Gasteiger partial charge in [0.2, 0.25) is 6.10 Å². The zero-order valence-corrected chi connectivity index (χ0v) is 15.3. The molecule has 0 spiro atoms. The van der Waals surface area contributed by atoms with Crippen LogP contribution in [0.3, 0.4) is 0 Å². The highest BCUT2D eigenvalue weighted by Crippen LogP contribution is 2.40. The van der Waals surface area contributed by atoms with Crippen LogP contribution < -0.4 is 4.74 Å². The lowest BCUT2D eigenvalue weighted by molar-refractivity contribution is -0.187. The summed E-state index contributed by atoms with van der Waals surface area (Å²) in [6.07, 6.45) is -5.97. The van der Waals surface area contributed by atoms with Gasteiger partial charge in [-0.3, -0.25) is 0 Å². The molecule has 0 aliphatic carbocycles. The number of aryl methyl sites for hydroxylation is 2. The van der Waals surface area contributed by atoms with Crippen molar-refractivity contribution in [2.45, 2.75) is 32.5 Å². The van der Waals surface area contributed by atoms with Crippen LogP contribution in [0.4, 0.5) is 13.2 Å². The third-order valence-corrected chi connectivity index (χ3v) is 4.79.